The molecule has 126 valence electrons. The maximum Gasteiger partial charge on any atom is 0.225 e. The standard InChI is InChI=1S/C16H18N4O2S2/c1-3-9-17-15-19-20-16(24-15)23-10-8-14(22)18-13-6-4-12(5-7-13)11(2)21/h3-7H,1,8-10H2,2H3,(H,17,19)(H,18,22). The Morgan fingerprint density at radius 3 is 2.71 bits per heavy atom. The van der Waals surface area contributed by atoms with Crippen LogP contribution in [-0.4, -0.2) is 34.2 Å². The van der Waals surface area contributed by atoms with E-state index in [-0.39, 0.29) is 11.7 Å². The van der Waals surface area contributed by atoms with Crippen molar-refractivity contribution in [2.24, 2.45) is 0 Å². The van der Waals surface area contributed by atoms with Crippen molar-refractivity contribution in [3.8, 4) is 0 Å². The van der Waals surface area contributed by atoms with Gasteiger partial charge < -0.3 is 10.6 Å². The van der Waals surface area contributed by atoms with Crippen molar-refractivity contribution in [1.29, 1.82) is 0 Å². The predicted octanol–water partition coefficient (Wildman–Crippen LogP) is 3.46. The van der Waals surface area contributed by atoms with Gasteiger partial charge >= 0.3 is 0 Å². The Balaban J connectivity index is 1.73. The van der Waals surface area contributed by atoms with E-state index in [2.05, 4.69) is 27.4 Å². The molecule has 6 nitrogen and oxygen atoms in total. The molecule has 0 fully saturated rings. The highest BCUT2D eigenvalue weighted by molar-refractivity contribution is 8.01. The van der Waals surface area contributed by atoms with Gasteiger partial charge in [0, 0.05) is 30.0 Å². The number of ketones is 1. The molecule has 0 atom stereocenters. The number of amides is 1. The second kappa shape index (κ2) is 9.19. The van der Waals surface area contributed by atoms with Crippen LogP contribution in [0.3, 0.4) is 0 Å². The van der Waals surface area contributed by atoms with Gasteiger partial charge in [-0.2, -0.15) is 0 Å². The van der Waals surface area contributed by atoms with E-state index >= 15 is 0 Å². The number of rotatable bonds is 9. The number of thioether (sulfide) groups is 1. The van der Waals surface area contributed by atoms with E-state index in [0.717, 1.165) is 9.47 Å². The normalized spacial score (nSPS) is 10.2. The van der Waals surface area contributed by atoms with Gasteiger partial charge in [0.05, 0.1) is 0 Å². The number of Topliss-reactive ketones (excluding diaryl/α,β-unsaturated/α-hetero) is 1. The number of nitrogens with one attached hydrogen (secondary N) is 2. The zero-order valence-corrected chi connectivity index (χ0v) is 14.9. The third kappa shape index (κ3) is 5.78. The molecule has 8 heteroatoms. The van der Waals surface area contributed by atoms with Crippen LogP contribution in [0.4, 0.5) is 10.8 Å². The van der Waals surface area contributed by atoms with Crippen molar-refractivity contribution in [1.82, 2.24) is 10.2 Å². The number of anilines is 2. The number of nitrogens with zero attached hydrogens (tertiary/aromatic N) is 2. The molecule has 2 aromatic rings. The zero-order chi connectivity index (χ0) is 17.4. The molecule has 0 aliphatic carbocycles. The number of aromatic nitrogens is 2. The highest BCUT2D eigenvalue weighted by atomic mass is 32.2. The van der Waals surface area contributed by atoms with E-state index in [4.69, 9.17) is 0 Å². The van der Waals surface area contributed by atoms with Crippen LogP contribution in [0.25, 0.3) is 0 Å². The lowest BCUT2D eigenvalue weighted by Crippen LogP contribution is -2.12. The highest BCUT2D eigenvalue weighted by Crippen LogP contribution is 2.25. The lowest BCUT2D eigenvalue weighted by Gasteiger charge is -2.05. The van der Waals surface area contributed by atoms with Crippen molar-refractivity contribution in [2.45, 2.75) is 17.7 Å². The van der Waals surface area contributed by atoms with E-state index in [0.29, 0.717) is 30.0 Å². The molecule has 1 amide bonds. The van der Waals surface area contributed by atoms with Crippen LogP contribution in [0, 0.1) is 0 Å². The summed E-state index contributed by atoms with van der Waals surface area (Å²) in [6.07, 6.45) is 2.12. The Morgan fingerprint density at radius 1 is 1.29 bits per heavy atom. The Morgan fingerprint density at radius 2 is 2.04 bits per heavy atom. The molecule has 1 heterocycles. The van der Waals surface area contributed by atoms with Crippen LogP contribution >= 0.6 is 23.1 Å². The summed E-state index contributed by atoms with van der Waals surface area (Å²) in [5.74, 6) is 0.545. The molecule has 0 saturated heterocycles. The molecule has 0 aliphatic rings. The quantitative estimate of drug-likeness (QED) is 0.404. The van der Waals surface area contributed by atoms with Crippen LogP contribution in [0.15, 0.2) is 41.3 Å². The fourth-order valence-electron chi connectivity index (χ4n) is 1.74. The molecule has 1 aromatic heterocycles. The summed E-state index contributed by atoms with van der Waals surface area (Å²) < 4.78 is 0.820. The number of carbonyl (C=O) groups is 2. The fraction of sp³-hybridized carbons (Fsp3) is 0.250. The number of hydrogen-bond acceptors (Lipinski definition) is 7. The molecule has 2 rings (SSSR count). The van der Waals surface area contributed by atoms with Gasteiger partial charge in [0.25, 0.3) is 0 Å². The Kier molecular flexibility index (Phi) is 6.95. The largest absolute Gasteiger partial charge is 0.357 e. The van der Waals surface area contributed by atoms with Gasteiger partial charge in [-0.15, -0.1) is 16.8 Å². The molecule has 0 aliphatic heterocycles. The summed E-state index contributed by atoms with van der Waals surface area (Å²) in [5, 5.41) is 14.7. The number of hydrogen-bond donors (Lipinski definition) is 2. The Hall–Kier alpha value is -2.19. The number of carbonyl (C=O) groups excluding carboxylic acids is 2. The lowest BCUT2D eigenvalue weighted by atomic mass is 10.1. The maximum atomic E-state index is 11.9. The molecule has 2 N–H and O–H groups in total. The third-order valence-electron chi connectivity index (χ3n) is 2.93. The Labute approximate surface area is 148 Å². The monoisotopic (exact) mass is 362 g/mol. The van der Waals surface area contributed by atoms with Crippen LogP contribution < -0.4 is 10.6 Å². The first-order valence-electron chi connectivity index (χ1n) is 7.30. The second-order valence-corrected chi connectivity index (χ2v) is 7.14. The SMILES string of the molecule is C=CCNc1nnc(SCCC(=O)Nc2ccc(C(C)=O)cc2)s1. The van der Waals surface area contributed by atoms with Crippen molar-refractivity contribution in [2.75, 3.05) is 22.9 Å². The molecular formula is C16H18N4O2S2. The molecular weight excluding hydrogens is 344 g/mol. The van der Waals surface area contributed by atoms with Crippen LogP contribution in [0.5, 0.6) is 0 Å². The summed E-state index contributed by atoms with van der Waals surface area (Å²) in [6.45, 7) is 5.78. The minimum atomic E-state index is -0.0763. The van der Waals surface area contributed by atoms with Gasteiger partial charge in [0.1, 0.15) is 0 Å². The van der Waals surface area contributed by atoms with Gasteiger partial charge in [-0.05, 0) is 31.2 Å². The zero-order valence-electron chi connectivity index (χ0n) is 13.2. The molecule has 0 spiro atoms. The van der Waals surface area contributed by atoms with Gasteiger partial charge in [0.2, 0.25) is 11.0 Å². The second-order valence-electron chi connectivity index (χ2n) is 4.82. The minimum Gasteiger partial charge on any atom is -0.357 e. The van der Waals surface area contributed by atoms with Crippen molar-refractivity contribution < 1.29 is 9.59 Å². The van der Waals surface area contributed by atoms with Crippen LogP contribution in [0.1, 0.15) is 23.7 Å². The summed E-state index contributed by atoms with van der Waals surface area (Å²) in [7, 11) is 0. The Bertz CT molecular complexity index is 713. The van der Waals surface area contributed by atoms with E-state index in [1.165, 1.54) is 30.0 Å². The summed E-state index contributed by atoms with van der Waals surface area (Å²) in [4.78, 5) is 23.1. The topological polar surface area (TPSA) is 84.0 Å². The molecule has 0 unspecified atom stereocenters. The van der Waals surface area contributed by atoms with Gasteiger partial charge in [-0.3, -0.25) is 9.59 Å². The third-order valence-corrected chi connectivity index (χ3v) is 4.95. The maximum absolute atomic E-state index is 11.9. The van der Waals surface area contributed by atoms with Gasteiger partial charge in [0.15, 0.2) is 10.1 Å². The van der Waals surface area contributed by atoms with Crippen molar-refractivity contribution in [3.63, 3.8) is 0 Å². The van der Waals surface area contributed by atoms with E-state index in [1.807, 2.05) is 0 Å². The molecule has 0 radical (unpaired) electrons. The number of benzene rings is 1. The smallest absolute Gasteiger partial charge is 0.225 e. The lowest BCUT2D eigenvalue weighted by molar-refractivity contribution is -0.115. The first-order valence-corrected chi connectivity index (χ1v) is 9.10. The minimum absolute atomic E-state index is 0.00304. The first-order chi connectivity index (χ1) is 11.6. The molecule has 1 aromatic carbocycles. The van der Waals surface area contributed by atoms with E-state index < -0.39 is 0 Å². The first kappa shape index (κ1) is 18.2. The summed E-state index contributed by atoms with van der Waals surface area (Å²) in [6, 6.07) is 6.85. The average molecular weight is 362 g/mol. The van der Waals surface area contributed by atoms with E-state index in [1.54, 1.807) is 30.3 Å². The van der Waals surface area contributed by atoms with Crippen LogP contribution in [-0.2, 0) is 4.79 Å². The highest BCUT2D eigenvalue weighted by Gasteiger charge is 2.07. The van der Waals surface area contributed by atoms with Crippen molar-refractivity contribution in [3.05, 3.63) is 42.5 Å². The summed E-state index contributed by atoms with van der Waals surface area (Å²) in [5.41, 5.74) is 1.31. The summed E-state index contributed by atoms with van der Waals surface area (Å²) >= 11 is 2.94. The van der Waals surface area contributed by atoms with Gasteiger partial charge in [-0.25, -0.2) is 0 Å². The van der Waals surface area contributed by atoms with Gasteiger partial charge in [-0.1, -0.05) is 29.2 Å². The van der Waals surface area contributed by atoms with Crippen LogP contribution in [0.2, 0.25) is 0 Å². The average Bonchev–Trinajstić information content (AvgIpc) is 3.01. The molecule has 0 bridgehead atoms. The molecule has 0 saturated carbocycles. The molecule has 24 heavy (non-hydrogen) atoms. The van der Waals surface area contributed by atoms with E-state index in [9.17, 15) is 9.59 Å². The fourth-order valence-corrected chi connectivity index (χ4v) is 3.51. The van der Waals surface area contributed by atoms with Crippen molar-refractivity contribution >= 4 is 45.6 Å². The predicted molar refractivity (Wildman–Crippen MR) is 99.0 cm³/mol.